The van der Waals surface area contributed by atoms with Gasteiger partial charge in [0.25, 0.3) is 5.91 Å². The molecule has 0 aliphatic heterocycles. The maximum absolute atomic E-state index is 12.1. The van der Waals surface area contributed by atoms with Crippen molar-refractivity contribution in [2.75, 3.05) is 6.61 Å². The number of hydrogen-bond acceptors (Lipinski definition) is 3. The molecule has 0 saturated heterocycles. The highest BCUT2D eigenvalue weighted by molar-refractivity contribution is 7.80. The predicted molar refractivity (Wildman–Crippen MR) is 109 cm³/mol. The second kappa shape index (κ2) is 9.76. The van der Waals surface area contributed by atoms with Gasteiger partial charge in [-0.2, -0.15) is 0 Å². The van der Waals surface area contributed by atoms with E-state index < -0.39 is 0 Å². The number of hydrazine groups is 1. The molecular formula is C20H31N3O2S. The molecule has 2 atom stereocenters. The lowest BCUT2D eigenvalue weighted by molar-refractivity contribution is -0.123. The standard InChI is InChI=1S/C20H31N3O2S/c1-13(2)16-10-9-14(3)11-18(16)25-12-19(24)22-23-20(26)21-17-8-6-5-7-15(17)4/h9-11,13,15,17H,5-8,12H2,1-4H3,(H,22,24)(H2,21,23,26). The predicted octanol–water partition coefficient (Wildman–Crippen LogP) is 3.57. The molecule has 26 heavy (non-hydrogen) atoms. The van der Waals surface area contributed by atoms with E-state index in [-0.39, 0.29) is 12.5 Å². The number of amides is 1. The Kier molecular flexibility index (Phi) is 7.69. The van der Waals surface area contributed by atoms with Crippen molar-refractivity contribution in [2.45, 2.75) is 65.3 Å². The molecule has 1 aliphatic carbocycles. The van der Waals surface area contributed by atoms with E-state index in [0.29, 0.717) is 23.0 Å². The SMILES string of the molecule is Cc1ccc(C(C)C)c(OCC(=O)NNC(=S)NC2CCCCC2C)c1. The minimum absolute atomic E-state index is 0.0569. The van der Waals surface area contributed by atoms with Gasteiger partial charge in [0.1, 0.15) is 5.75 Å². The van der Waals surface area contributed by atoms with Crippen molar-refractivity contribution in [1.82, 2.24) is 16.2 Å². The highest BCUT2D eigenvalue weighted by Gasteiger charge is 2.21. The van der Waals surface area contributed by atoms with Gasteiger partial charge in [-0.3, -0.25) is 15.6 Å². The summed E-state index contributed by atoms with van der Waals surface area (Å²) in [6.45, 7) is 8.40. The highest BCUT2D eigenvalue weighted by atomic mass is 32.1. The first kappa shape index (κ1) is 20.5. The van der Waals surface area contributed by atoms with Crippen LogP contribution in [0.4, 0.5) is 0 Å². The molecule has 0 heterocycles. The van der Waals surface area contributed by atoms with Crippen molar-refractivity contribution in [3.63, 3.8) is 0 Å². The smallest absolute Gasteiger partial charge is 0.276 e. The molecule has 2 rings (SSSR count). The van der Waals surface area contributed by atoms with Gasteiger partial charge in [0.2, 0.25) is 0 Å². The molecule has 3 N–H and O–H groups in total. The summed E-state index contributed by atoms with van der Waals surface area (Å²) in [7, 11) is 0. The van der Waals surface area contributed by atoms with Gasteiger partial charge in [-0.05, 0) is 61.0 Å². The molecule has 5 nitrogen and oxygen atoms in total. The summed E-state index contributed by atoms with van der Waals surface area (Å²) >= 11 is 5.28. The molecule has 1 saturated carbocycles. The van der Waals surface area contributed by atoms with E-state index in [1.165, 1.54) is 19.3 Å². The maximum Gasteiger partial charge on any atom is 0.276 e. The Labute approximate surface area is 162 Å². The number of carbonyl (C=O) groups is 1. The molecule has 2 unspecified atom stereocenters. The van der Waals surface area contributed by atoms with Crippen molar-refractivity contribution in [3.8, 4) is 5.75 Å². The molecule has 1 aromatic carbocycles. The Morgan fingerprint density at radius 2 is 2.00 bits per heavy atom. The van der Waals surface area contributed by atoms with Gasteiger partial charge in [-0.1, -0.05) is 45.7 Å². The van der Waals surface area contributed by atoms with Crippen LogP contribution in [0, 0.1) is 12.8 Å². The summed E-state index contributed by atoms with van der Waals surface area (Å²) in [4.78, 5) is 12.1. The summed E-state index contributed by atoms with van der Waals surface area (Å²) < 4.78 is 5.72. The Bertz CT molecular complexity index is 633. The fraction of sp³-hybridized carbons (Fsp3) is 0.600. The molecule has 144 valence electrons. The Balaban J connectivity index is 1.77. The second-order valence-electron chi connectivity index (χ2n) is 7.50. The van der Waals surface area contributed by atoms with Crippen LogP contribution in [0.25, 0.3) is 0 Å². The van der Waals surface area contributed by atoms with Gasteiger partial charge in [0, 0.05) is 6.04 Å². The van der Waals surface area contributed by atoms with Crippen molar-refractivity contribution in [3.05, 3.63) is 29.3 Å². The van der Waals surface area contributed by atoms with Crippen molar-refractivity contribution < 1.29 is 9.53 Å². The van der Waals surface area contributed by atoms with E-state index in [9.17, 15) is 4.79 Å². The van der Waals surface area contributed by atoms with Crippen LogP contribution in [0.3, 0.4) is 0 Å². The Hall–Kier alpha value is -1.82. The lowest BCUT2D eigenvalue weighted by atomic mass is 9.86. The van der Waals surface area contributed by atoms with E-state index in [1.54, 1.807) is 0 Å². The fourth-order valence-corrected chi connectivity index (χ4v) is 3.49. The van der Waals surface area contributed by atoms with E-state index >= 15 is 0 Å². The number of benzene rings is 1. The van der Waals surface area contributed by atoms with Gasteiger partial charge < -0.3 is 10.1 Å². The van der Waals surface area contributed by atoms with Crippen molar-refractivity contribution in [2.24, 2.45) is 5.92 Å². The molecular weight excluding hydrogens is 346 g/mol. The third kappa shape index (κ3) is 6.16. The minimum atomic E-state index is -0.262. The van der Waals surface area contributed by atoms with Gasteiger partial charge in [-0.25, -0.2) is 0 Å². The summed E-state index contributed by atoms with van der Waals surface area (Å²) in [5.41, 5.74) is 7.58. The van der Waals surface area contributed by atoms with E-state index in [2.05, 4.69) is 49.1 Å². The van der Waals surface area contributed by atoms with Crippen LogP contribution >= 0.6 is 12.2 Å². The zero-order valence-electron chi connectivity index (χ0n) is 16.2. The molecule has 1 fully saturated rings. The van der Waals surface area contributed by atoms with Crippen LogP contribution in [-0.2, 0) is 4.79 Å². The molecule has 6 heteroatoms. The quantitative estimate of drug-likeness (QED) is 0.541. The van der Waals surface area contributed by atoms with Crippen LogP contribution in [0.5, 0.6) is 5.75 Å². The van der Waals surface area contributed by atoms with Gasteiger partial charge in [-0.15, -0.1) is 0 Å². The van der Waals surface area contributed by atoms with E-state index in [4.69, 9.17) is 17.0 Å². The van der Waals surface area contributed by atoms with Gasteiger partial charge in [0.05, 0.1) is 0 Å². The first-order chi connectivity index (χ1) is 12.4. The van der Waals surface area contributed by atoms with Crippen LogP contribution < -0.4 is 20.9 Å². The number of aryl methyl sites for hydroxylation is 1. The largest absolute Gasteiger partial charge is 0.483 e. The third-order valence-corrected chi connectivity index (χ3v) is 5.11. The fourth-order valence-electron chi connectivity index (χ4n) is 3.28. The van der Waals surface area contributed by atoms with Crippen LogP contribution in [-0.4, -0.2) is 23.7 Å². The maximum atomic E-state index is 12.1. The van der Waals surface area contributed by atoms with Gasteiger partial charge in [0.15, 0.2) is 11.7 Å². The number of hydrogen-bond donors (Lipinski definition) is 3. The molecule has 0 spiro atoms. The first-order valence-corrected chi connectivity index (χ1v) is 9.86. The summed E-state index contributed by atoms with van der Waals surface area (Å²) in [5, 5.41) is 3.75. The Morgan fingerprint density at radius 1 is 1.27 bits per heavy atom. The van der Waals surface area contributed by atoms with Crippen LogP contribution in [0.1, 0.15) is 63.5 Å². The first-order valence-electron chi connectivity index (χ1n) is 9.45. The number of nitrogens with one attached hydrogen (secondary N) is 3. The monoisotopic (exact) mass is 377 g/mol. The summed E-state index contributed by atoms with van der Waals surface area (Å²) in [5.74, 6) is 1.42. The lowest BCUT2D eigenvalue weighted by Crippen LogP contribution is -2.52. The normalized spacial score (nSPS) is 19.7. The minimum Gasteiger partial charge on any atom is -0.483 e. The molecule has 0 aromatic heterocycles. The Morgan fingerprint density at radius 3 is 2.69 bits per heavy atom. The third-order valence-electron chi connectivity index (χ3n) is 4.89. The number of carbonyl (C=O) groups excluding carboxylic acids is 1. The topological polar surface area (TPSA) is 62.4 Å². The number of thiocarbonyl (C=S) groups is 1. The van der Waals surface area contributed by atoms with Gasteiger partial charge >= 0.3 is 0 Å². The average Bonchev–Trinajstić information content (AvgIpc) is 2.60. The van der Waals surface area contributed by atoms with E-state index in [0.717, 1.165) is 23.3 Å². The number of ether oxygens (including phenoxy) is 1. The van der Waals surface area contributed by atoms with Crippen molar-refractivity contribution >= 4 is 23.2 Å². The van der Waals surface area contributed by atoms with Crippen molar-refractivity contribution in [1.29, 1.82) is 0 Å². The molecule has 0 radical (unpaired) electrons. The summed E-state index contributed by atoms with van der Waals surface area (Å²) in [6.07, 6.45) is 4.84. The van der Waals surface area contributed by atoms with Crippen LogP contribution in [0.15, 0.2) is 18.2 Å². The zero-order chi connectivity index (χ0) is 19.1. The van der Waals surface area contributed by atoms with Crippen LogP contribution in [0.2, 0.25) is 0 Å². The molecule has 0 bridgehead atoms. The zero-order valence-corrected chi connectivity index (χ0v) is 17.0. The average molecular weight is 378 g/mol. The number of rotatable bonds is 5. The molecule has 1 aliphatic rings. The highest BCUT2D eigenvalue weighted by Crippen LogP contribution is 2.27. The second-order valence-corrected chi connectivity index (χ2v) is 7.91. The molecule has 1 aromatic rings. The lowest BCUT2D eigenvalue weighted by Gasteiger charge is -2.30. The summed E-state index contributed by atoms with van der Waals surface area (Å²) in [6, 6.07) is 6.45. The molecule has 1 amide bonds. The van der Waals surface area contributed by atoms with E-state index in [1.807, 2.05) is 13.0 Å².